The lowest BCUT2D eigenvalue weighted by Crippen LogP contribution is -2.33. The van der Waals surface area contributed by atoms with Gasteiger partial charge in [-0.15, -0.1) is 0 Å². The lowest BCUT2D eigenvalue weighted by Gasteiger charge is -2.33. The summed E-state index contributed by atoms with van der Waals surface area (Å²) in [6.07, 6.45) is 5.08. The summed E-state index contributed by atoms with van der Waals surface area (Å²) in [7, 11) is 1.77. The van der Waals surface area contributed by atoms with Crippen LogP contribution in [-0.4, -0.2) is 37.7 Å². The first-order valence-electron chi connectivity index (χ1n) is 11.8. The van der Waals surface area contributed by atoms with Gasteiger partial charge in [-0.05, 0) is 55.0 Å². The maximum absolute atomic E-state index is 11.9. The summed E-state index contributed by atoms with van der Waals surface area (Å²) in [5, 5.41) is 6.64. The molecule has 4 N–H and O–H groups in total. The fraction of sp³-hybridized carbons (Fsp3) is 0.333. The number of methoxy groups -OCH3 is 1. The van der Waals surface area contributed by atoms with E-state index in [2.05, 4.69) is 44.8 Å². The number of nitrogens with two attached hydrogens (primary N) is 1. The number of piperidine rings is 1. The molecule has 2 heterocycles. The van der Waals surface area contributed by atoms with Gasteiger partial charge < -0.3 is 26.0 Å². The van der Waals surface area contributed by atoms with Crippen LogP contribution >= 0.6 is 0 Å². The molecule has 1 aromatic heterocycles. The summed E-state index contributed by atoms with van der Waals surface area (Å²) < 4.78 is 5.22. The zero-order chi connectivity index (χ0) is 23.8. The van der Waals surface area contributed by atoms with Crippen LogP contribution in [0.1, 0.15) is 35.2 Å². The molecule has 1 amide bonds. The Bertz CT molecular complexity index is 1060. The maximum atomic E-state index is 11.9. The highest BCUT2D eigenvalue weighted by molar-refractivity contribution is 5.98. The summed E-state index contributed by atoms with van der Waals surface area (Å²) in [4.78, 5) is 18.7. The van der Waals surface area contributed by atoms with Gasteiger partial charge in [-0.25, -0.2) is 4.98 Å². The number of carbonyl (C=O) groups is 1. The molecule has 34 heavy (non-hydrogen) atoms. The summed E-state index contributed by atoms with van der Waals surface area (Å²) in [5.74, 6) is 0.897. The Hall–Kier alpha value is -3.58. The van der Waals surface area contributed by atoms with E-state index in [1.54, 1.807) is 7.11 Å². The van der Waals surface area contributed by atoms with Crippen molar-refractivity contribution in [1.82, 2.24) is 4.98 Å². The summed E-state index contributed by atoms with van der Waals surface area (Å²) in [6, 6.07) is 20.2. The molecule has 1 aliphatic heterocycles. The lowest BCUT2D eigenvalue weighted by atomic mass is 9.93. The second-order valence-electron chi connectivity index (χ2n) is 8.70. The molecule has 1 fully saturated rings. The van der Waals surface area contributed by atoms with E-state index in [0.29, 0.717) is 23.6 Å². The molecule has 1 saturated heterocycles. The maximum Gasteiger partial charge on any atom is 0.252 e. The van der Waals surface area contributed by atoms with Gasteiger partial charge in [0.15, 0.2) is 0 Å². The van der Waals surface area contributed by atoms with Crippen LogP contribution in [0.3, 0.4) is 0 Å². The highest BCUT2D eigenvalue weighted by Crippen LogP contribution is 2.27. The molecular formula is C27H33N5O2. The Labute approximate surface area is 201 Å². The Morgan fingerprint density at radius 2 is 1.85 bits per heavy atom. The number of nitrogens with zero attached hydrogens (tertiary/aromatic N) is 2. The van der Waals surface area contributed by atoms with Crippen LogP contribution in [0.5, 0.6) is 0 Å². The number of hydrogen-bond donors (Lipinski definition) is 3. The van der Waals surface area contributed by atoms with Gasteiger partial charge in [-0.2, -0.15) is 0 Å². The van der Waals surface area contributed by atoms with Crippen molar-refractivity contribution in [2.45, 2.75) is 25.8 Å². The van der Waals surface area contributed by atoms with Crippen LogP contribution in [-0.2, 0) is 11.3 Å². The second-order valence-corrected chi connectivity index (χ2v) is 8.70. The molecule has 7 nitrogen and oxygen atoms in total. The van der Waals surface area contributed by atoms with Crippen LogP contribution in [0.2, 0.25) is 0 Å². The second kappa shape index (κ2) is 11.5. The van der Waals surface area contributed by atoms with Crippen molar-refractivity contribution < 1.29 is 9.53 Å². The smallest absolute Gasteiger partial charge is 0.252 e. The Balaban J connectivity index is 1.39. The van der Waals surface area contributed by atoms with Gasteiger partial charge >= 0.3 is 0 Å². The van der Waals surface area contributed by atoms with Crippen molar-refractivity contribution in [3.8, 4) is 0 Å². The first-order valence-corrected chi connectivity index (χ1v) is 11.8. The standard InChI is InChI=1S/C27H33N5O2/c1-34-16-13-20-11-14-32(15-12-20)23-9-7-22(8-10-23)31-26-17-25(24(19-30-26)27(28)33)29-18-21-5-3-2-4-6-21/h2-10,17,19-20H,11-16,18H2,1H3,(H2,28,33)(H2,29,30,31). The van der Waals surface area contributed by atoms with E-state index in [-0.39, 0.29) is 0 Å². The summed E-state index contributed by atoms with van der Waals surface area (Å²) >= 11 is 0. The molecule has 0 bridgehead atoms. The normalized spacial score (nSPS) is 14.1. The molecule has 1 aliphatic rings. The number of amides is 1. The molecule has 7 heteroatoms. The minimum atomic E-state index is -0.509. The number of anilines is 4. The van der Waals surface area contributed by atoms with Gasteiger partial charge in [0.05, 0.1) is 11.3 Å². The molecule has 3 aromatic rings. The number of primary amides is 1. The molecule has 4 rings (SSSR count). The van der Waals surface area contributed by atoms with Gasteiger partial charge in [0.2, 0.25) is 0 Å². The molecule has 178 valence electrons. The molecule has 0 aliphatic carbocycles. The first kappa shape index (κ1) is 23.6. The fourth-order valence-electron chi connectivity index (χ4n) is 4.33. The number of pyridine rings is 1. The van der Waals surface area contributed by atoms with Gasteiger partial charge in [0.25, 0.3) is 5.91 Å². The van der Waals surface area contributed by atoms with Gasteiger partial charge in [-0.1, -0.05) is 30.3 Å². The number of nitrogens with one attached hydrogen (secondary N) is 2. The minimum Gasteiger partial charge on any atom is -0.385 e. The average molecular weight is 460 g/mol. The van der Waals surface area contributed by atoms with E-state index >= 15 is 0 Å². The van der Waals surface area contributed by atoms with Crippen LogP contribution in [0.4, 0.5) is 22.9 Å². The Morgan fingerprint density at radius 1 is 1.12 bits per heavy atom. The number of rotatable bonds is 10. The molecule has 0 radical (unpaired) electrons. The Morgan fingerprint density at radius 3 is 2.53 bits per heavy atom. The third-order valence-electron chi connectivity index (χ3n) is 6.34. The minimum absolute atomic E-state index is 0.366. The molecule has 0 atom stereocenters. The van der Waals surface area contributed by atoms with Crippen LogP contribution in [0.25, 0.3) is 0 Å². The topological polar surface area (TPSA) is 92.5 Å². The van der Waals surface area contributed by atoms with Crippen molar-refractivity contribution in [3.05, 3.63) is 78.0 Å². The quantitative estimate of drug-likeness (QED) is 0.404. The van der Waals surface area contributed by atoms with Gasteiger partial charge in [0, 0.05) is 57.0 Å². The summed E-state index contributed by atoms with van der Waals surface area (Å²) in [6.45, 7) is 3.59. The first-order chi connectivity index (χ1) is 16.6. The fourth-order valence-corrected chi connectivity index (χ4v) is 4.33. The van der Waals surface area contributed by atoms with Crippen LogP contribution < -0.4 is 21.3 Å². The summed E-state index contributed by atoms with van der Waals surface area (Å²) in [5.41, 5.74) is 9.86. The van der Waals surface area contributed by atoms with Crippen LogP contribution in [0, 0.1) is 5.92 Å². The zero-order valence-electron chi connectivity index (χ0n) is 19.7. The van der Waals surface area contributed by atoms with E-state index in [4.69, 9.17) is 10.5 Å². The molecule has 2 aromatic carbocycles. The number of aromatic nitrogens is 1. The molecule has 0 unspecified atom stereocenters. The van der Waals surface area contributed by atoms with E-state index in [1.807, 2.05) is 36.4 Å². The predicted molar refractivity (Wildman–Crippen MR) is 138 cm³/mol. The molecular weight excluding hydrogens is 426 g/mol. The molecule has 0 saturated carbocycles. The predicted octanol–water partition coefficient (Wildman–Crippen LogP) is 4.79. The van der Waals surface area contributed by atoms with E-state index < -0.39 is 5.91 Å². The monoisotopic (exact) mass is 459 g/mol. The largest absolute Gasteiger partial charge is 0.385 e. The average Bonchev–Trinajstić information content (AvgIpc) is 2.87. The van der Waals surface area contributed by atoms with E-state index in [0.717, 1.165) is 43.3 Å². The number of hydrogen-bond acceptors (Lipinski definition) is 6. The lowest BCUT2D eigenvalue weighted by molar-refractivity contribution is 0.100. The number of ether oxygens (including phenoxy) is 1. The van der Waals surface area contributed by atoms with Crippen molar-refractivity contribution in [2.24, 2.45) is 11.7 Å². The van der Waals surface area contributed by atoms with Crippen molar-refractivity contribution in [2.75, 3.05) is 42.3 Å². The van der Waals surface area contributed by atoms with Crippen LogP contribution in [0.15, 0.2) is 66.9 Å². The van der Waals surface area contributed by atoms with Gasteiger partial charge in [0.1, 0.15) is 5.82 Å². The third-order valence-corrected chi connectivity index (χ3v) is 6.34. The van der Waals surface area contributed by atoms with Gasteiger partial charge in [-0.3, -0.25) is 4.79 Å². The molecule has 0 spiro atoms. The van der Waals surface area contributed by atoms with Crippen molar-refractivity contribution in [3.63, 3.8) is 0 Å². The van der Waals surface area contributed by atoms with E-state index in [1.165, 1.54) is 24.7 Å². The van der Waals surface area contributed by atoms with Crippen molar-refractivity contribution in [1.29, 1.82) is 0 Å². The third kappa shape index (κ3) is 6.26. The Kier molecular flexibility index (Phi) is 7.99. The zero-order valence-corrected chi connectivity index (χ0v) is 19.7. The highest BCUT2D eigenvalue weighted by atomic mass is 16.5. The highest BCUT2D eigenvalue weighted by Gasteiger charge is 2.19. The number of benzene rings is 2. The van der Waals surface area contributed by atoms with Crippen molar-refractivity contribution >= 4 is 28.8 Å². The SMILES string of the molecule is COCCC1CCN(c2ccc(Nc3cc(NCc4ccccc4)c(C(N)=O)cn3)cc2)CC1. The van der Waals surface area contributed by atoms with E-state index in [9.17, 15) is 4.79 Å². The number of carbonyl (C=O) groups excluding carboxylic acids is 1.